The molecule has 2 rings (SSSR count). The highest BCUT2D eigenvalue weighted by molar-refractivity contribution is 6.06. The van der Waals surface area contributed by atoms with E-state index < -0.39 is 12.5 Å². The van der Waals surface area contributed by atoms with E-state index in [0.717, 1.165) is 0 Å². The molecule has 0 spiro atoms. The maximum absolute atomic E-state index is 12.6. The number of benzene rings is 1. The Morgan fingerprint density at radius 2 is 1.96 bits per heavy atom. The smallest absolute Gasteiger partial charge is 0.387 e. The summed E-state index contributed by atoms with van der Waals surface area (Å²) in [4.78, 5) is 16.2. The SMILES string of the molecule is COc1ccc(NC(=O)c2cccc(OC)c2OC(F)F)cn1. The van der Waals surface area contributed by atoms with Crippen molar-refractivity contribution in [3.8, 4) is 17.4 Å². The largest absolute Gasteiger partial charge is 0.493 e. The van der Waals surface area contributed by atoms with Crippen LogP contribution in [0, 0.1) is 0 Å². The number of anilines is 1. The van der Waals surface area contributed by atoms with E-state index in [1.54, 1.807) is 12.1 Å². The van der Waals surface area contributed by atoms with E-state index in [9.17, 15) is 13.6 Å². The molecule has 1 aromatic carbocycles. The first-order valence-electron chi connectivity index (χ1n) is 6.48. The van der Waals surface area contributed by atoms with Gasteiger partial charge in [-0.1, -0.05) is 6.07 Å². The molecule has 122 valence electrons. The van der Waals surface area contributed by atoms with Crippen LogP contribution in [0.3, 0.4) is 0 Å². The van der Waals surface area contributed by atoms with E-state index in [2.05, 4.69) is 15.0 Å². The predicted octanol–water partition coefficient (Wildman–Crippen LogP) is 2.95. The van der Waals surface area contributed by atoms with Crippen LogP contribution in [0.4, 0.5) is 14.5 Å². The van der Waals surface area contributed by atoms with Crippen LogP contribution in [0.5, 0.6) is 17.4 Å². The van der Waals surface area contributed by atoms with Crippen LogP contribution in [-0.2, 0) is 0 Å². The standard InChI is InChI=1S/C15H14F2N2O4/c1-21-11-5-3-4-10(13(11)23-15(16)17)14(20)19-9-6-7-12(22-2)18-8-9/h3-8,15H,1-2H3,(H,19,20). The summed E-state index contributed by atoms with van der Waals surface area (Å²) < 4.78 is 39.4. The quantitative estimate of drug-likeness (QED) is 0.885. The second-order valence-electron chi connectivity index (χ2n) is 4.26. The van der Waals surface area contributed by atoms with Gasteiger partial charge in [-0.05, 0) is 18.2 Å². The molecular weight excluding hydrogens is 310 g/mol. The first-order chi connectivity index (χ1) is 11.0. The molecule has 0 bridgehead atoms. The Hall–Kier alpha value is -2.90. The highest BCUT2D eigenvalue weighted by Gasteiger charge is 2.20. The number of pyridine rings is 1. The summed E-state index contributed by atoms with van der Waals surface area (Å²) in [7, 11) is 2.76. The molecule has 23 heavy (non-hydrogen) atoms. The molecule has 0 atom stereocenters. The zero-order chi connectivity index (χ0) is 16.8. The molecule has 6 nitrogen and oxygen atoms in total. The molecule has 0 fully saturated rings. The minimum atomic E-state index is -3.08. The monoisotopic (exact) mass is 324 g/mol. The van der Waals surface area contributed by atoms with Crippen LogP contribution in [0.25, 0.3) is 0 Å². The van der Waals surface area contributed by atoms with Crippen LogP contribution in [-0.4, -0.2) is 31.7 Å². The van der Waals surface area contributed by atoms with Crippen LogP contribution >= 0.6 is 0 Å². The van der Waals surface area contributed by atoms with E-state index in [0.29, 0.717) is 11.6 Å². The minimum absolute atomic E-state index is 0.0332. The summed E-state index contributed by atoms with van der Waals surface area (Å²) in [5, 5.41) is 2.54. The molecular formula is C15H14F2N2O4. The number of carbonyl (C=O) groups excluding carboxylic acids is 1. The molecule has 2 aromatic rings. The number of halogens is 2. The molecule has 0 aliphatic heterocycles. The number of ether oxygens (including phenoxy) is 3. The lowest BCUT2D eigenvalue weighted by Gasteiger charge is -2.14. The lowest BCUT2D eigenvalue weighted by atomic mass is 10.1. The lowest BCUT2D eigenvalue weighted by molar-refractivity contribution is -0.0515. The molecule has 1 heterocycles. The number of carbonyl (C=O) groups is 1. The normalized spacial score (nSPS) is 10.3. The third kappa shape index (κ3) is 4.06. The summed E-state index contributed by atoms with van der Waals surface area (Å²) in [6, 6.07) is 7.39. The van der Waals surface area contributed by atoms with Gasteiger partial charge in [0.15, 0.2) is 11.5 Å². The van der Waals surface area contributed by atoms with E-state index in [-0.39, 0.29) is 17.1 Å². The maximum atomic E-state index is 12.6. The maximum Gasteiger partial charge on any atom is 0.387 e. The summed E-state index contributed by atoms with van der Waals surface area (Å²) in [6.07, 6.45) is 1.38. The fourth-order valence-corrected chi connectivity index (χ4v) is 1.84. The van der Waals surface area contributed by atoms with Gasteiger partial charge in [0.2, 0.25) is 5.88 Å². The number of alkyl halides is 2. The number of nitrogens with one attached hydrogen (secondary N) is 1. The summed E-state index contributed by atoms with van der Waals surface area (Å²) in [5.74, 6) is -0.549. The van der Waals surface area contributed by atoms with Gasteiger partial charge in [-0.25, -0.2) is 4.98 Å². The zero-order valence-corrected chi connectivity index (χ0v) is 12.4. The first-order valence-corrected chi connectivity index (χ1v) is 6.48. The van der Waals surface area contributed by atoms with Crippen molar-refractivity contribution < 1.29 is 27.8 Å². The molecule has 0 saturated heterocycles. The van der Waals surface area contributed by atoms with Gasteiger partial charge < -0.3 is 19.5 Å². The Morgan fingerprint density at radius 1 is 1.17 bits per heavy atom. The Morgan fingerprint density at radius 3 is 2.52 bits per heavy atom. The number of rotatable bonds is 6. The molecule has 0 saturated carbocycles. The number of methoxy groups -OCH3 is 2. The third-order valence-electron chi connectivity index (χ3n) is 2.85. The van der Waals surface area contributed by atoms with Gasteiger partial charge in [-0.3, -0.25) is 4.79 Å². The van der Waals surface area contributed by atoms with Crippen LogP contribution < -0.4 is 19.5 Å². The molecule has 0 radical (unpaired) electrons. The van der Waals surface area contributed by atoms with Crippen molar-refractivity contribution >= 4 is 11.6 Å². The first kappa shape index (κ1) is 16.5. The average Bonchev–Trinajstić information content (AvgIpc) is 2.55. The molecule has 8 heteroatoms. The van der Waals surface area contributed by atoms with Crippen LogP contribution in [0.15, 0.2) is 36.5 Å². The van der Waals surface area contributed by atoms with Gasteiger partial charge >= 0.3 is 6.61 Å². The minimum Gasteiger partial charge on any atom is -0.493 e. The second kappa shape index (κ2) is 7.39. The van der Waals surface area contributed by atoms with Gasteiger partial charge in [0.05, 0.1) is 31.7 Å². The number of aromatic nitrogens is 1. The molecule has 1 N–H and O–H groups in total. The topological polar surface area (TPSA) is 69.7 Å². The predicted molar refractivity (Wildman–Crippen MR) is 78.4 cm³/mol. The number of amides is 1. The molecule has 1 amide bonds. The van der Waals surface area contributed by atoms with Crippen molar-refractivity contribution in [2.24, 2.45) is 0 Å². The fourth-order valence-electron chi connectivity index (χ4n) is 1.84. The number of nitrogens with zero attached hydrogens (tertiary/aromatic N) is 1. The van der Waals surface area contributed by atoms with Crippen molar-refractivity contribution in [3.05, 3.63) is 42.1 Å². The lowest BCUT2D eigenvalue weighted by Crippen LogP contribution is -2.15. The molecule has 0 aliphatic carbocycles. The van der Waals surface area contributed by atoms with Gasteiger partial charge in [0.25, 0.3) is 5.91 Å². The molecule has 1 aromatic heterocycles. The average molecular weight is 324 g/mol. The second-order valence-corrected chi connectivity index (χ2v) is 4.26. The van der Waals surface area contributed by atoms with Crippen LogP contribution in [0.1, 0.15) is 10.4 Å². The van der Waals surface area contributed by atoms with E-state index in [4.69, 9.17) is 9.47 Å². The van der Waals surface area contributed by atoms with Crippen LogP contribution in [0.2, 0.25) is 0 Å². The van der Waals surface area contributed by atoms with E-state index >= 15 is 0 Å². The molecule has 0 aliphatic rings. The van der Waals surface area contributed by atoms with Crippen molar-refractivity contribution in [1.82, 2.24) is 4.98 Å². The van der Waals surface area contributed by atoms with Crippen molar-refractivity contribution in [3.63, 3.8) is 0 Å². The van der Waals surface area contributed by atoms with E-state index in [1.165, 1.54) is 38.6 Å². The number of para-hydroxylation sites is 1. The summed E-state index contributed by atoms with van der Waals surface area (Å²) >= 11 is 0. The Bertz CT molecular complexity index is 678. The highest BCUT2D eigenvalue weighted by Crippen LogP contribution is 2.32. The Balaban J connectivity index is 2.27. The van der Waals surface area contributed by atoms with Crippen molar-refractivity contribution in [1.29, 1.82) is 0 Å². The third-order valence-corrected chi connectivity index (χ3v) is 2.85. The number of hydrogen-bond donors (Lipinski definition) is 1. The van der Waals surface area contributed by atoms with Gasteiger partial charge in [0, 0.05) is 6.07 Å². The zero-order valence-electron chi connectivity index (χ0n) is 12.4. The van der Waals surface area contributed by atoms with Gasteiger partial charge in [-0.15, -0.1) is 0 Å². The fraction of sp³-hybridized carbons (Fsp3) is 0.200. The van der Waals surface area contributed by atoms with E-state index in [1.807, 2.05) is 0 Å². The Labute approximate surface area is 131 Å². The van der Waals surface area contributed by atoms with Crippen molar-refractivity contribution in [2.75, 3.05) is 19.5 Å². The van der Waals surface area contributed by atoms with Crippen molar-refractivity contribution in [2.45, 2.75) is 6.61 Å². The highest BCUT2D eigenvalue weighted by atomic mass is 19.3. The summed E-state index contributed by atoms with van der Waals surface area (Å²) in [5.41, 5.74) is 0.294. The summed E-state index contributed by atoms with van der Waals surface area (Å²) in [6.45, 7) is -3.08. The number of hydrogen-bond acceptors (Lipinski definition) is 5. The molecule has 0 unspecified atom stereocenters. The van der Waals surface area contributed by atoms with Gasteiger partial charge in [-0.2, -0.15) is 8.78 Å². The van der Waals surface area contributed by atoms with Gasteiger partial charge in [0.1, 0.15) is 0 Å². The Kier molecular flexibility index (Phi) is 5.29.